The van der Waals surface area contributed by atoms with Crippen molar-refractivity contribution in [3.63, 3.8) is 0 Å². The van der Waals surface area contributed by atoms with Crippen LogP contribution in [0, 0.1) is 0 Å². The Morgan fingerprint density at radius 3 is 1.29 bits per heavy atom. The van der Waals surface area contributed by atoms with E-state index in [1.807, 2.05) is 45.3 Å². The van der Waals surface area contributed by atoms with Gasteiger partial charge in [0.25, 0.3) is 0 Å². The van der Waals surface area contributed by atoms with E-state index < -0.39 is 11.6 Å². The lowest BCUT2D eigenvalue weighted by Gasteiger charge is -2.23. The number of aryl methyl sites for hydroxylation is 2. The zero-order chi connectivity index (χ0) is 28.3. The summed E-state index contributed by atoms with van der Waals surface area (Å²) >= 11 is 7.69. The quantitative estimate of drug-likeness (QED) is 0.153. The molecular formula is C34H38O4S4. The average molecular weight is 639 g/mol. The molecule has 8 heteroatoms. The van der Waals surface area contributed by atoms with Crippen LogP contribution in [0.1, 0.15) is 97.2 Å². The van der Waals surface area contributed by atoms with Crippen molar-refractivity contribution in [2.75, 3.05) is 26.4 Å². The monoisotopic (exact) mass is 638 g/mol. The van der Waals surface area contributed by atoms with E-state index in [4.69, 9.17) is 18.9 Å². The molecule has 2 aliphatic heterocycles. The molecule has 0 amide bonds. The Morgan fingerprint density at radius 2 is 0.881 bits per heavy atom. The van der Waals surface area contributed by atoms with Gasteiger partial charge in [-0.2, -0.15) is 0 Å². The minimum Gasteiger partial charge on any atom is -0.340 e. The first-order valence-electron chi connectivity index (χ1n) is 15.8. The molecule has 222 valence electrons. The van der Waals surface area contributed by atoms with Gasteiger partial charge < -0.3 is 18.9 Å². The standard InChI is InChI=1S/C34H38O4S4/c1-3-5-7-9-11-21-17-23-29(39-21)31-25(33(23)35-13-14-36-33)19-27(41-31)28-20-26-32(42-28)30-24(34(26)37-15-16-38-34)18-22(40-30)12-10-8-6-4-2/h17-20H,3-16H2,1-2H3. The van der Waals surface area contributed by atoms with E-state index in [9.17, 15) is 0 Å². The van der Waals surface area contributed by atoms with Gasteiger partial charge in [-0.1, -0.05) is 52.4 Å². The molecule has 0 unspecified atom stereocenters. The second-order valence-electron chi connectivity index (χ2n) is 11.9. The summed E-state index contributed by atoms with van der Waals surface area (Å²) in [5.74, 6) is -1.46. The van der Waals surface area contributed by atoms with Crippen molar-refractivity contribution in [1.29, 1.82) is 0 Å². The molecule has 4 aliphatic rings. The first-order chi connectivity index (χ1) is 20.7. The van der Waals surface area contributed by atoms with Crippen molar-refractivity contribution >= 4 is 45.3 Å². The largest absolute Gasteiger partial charge is 0.340 e. The van der Waals surface area contributed by atoms with E-state index in [2.05, 4.69) is 38.1 Å². The lowest BCUT2D eigenvalue weighted by Crippen LogP contribution is -2.25. The van der Waals surface area contributed by atoms with Gasteiger partial charge in [0.15, 0.2) is 0 Å². The Bertz CT molecular complexity index is 1470. The maximum Gasteiger partial charge on any atom is 0.225 e. The maximum atomic E-state index is 6.45. The summed E-state index contributed by atoms with van der Waals surface area (Å²) < 4.78 is 25.8. The maximum absolute atomic E-state index is 6.45. The van der Waals surface area contributed by atoms with E-state index in [0.29, 0.717) is 26.4 Å². The first kappa shape index (κ1) is 28.1. The van der Waals surface area contributed by atoms with Crippen LogP contribution in [0.4, 0.5) is 0 Å². The molecule has 0 N–H and O–H groups in total. The van der Waals surface area contributed by atoms with Crippen LogP contribution in [-0.4, -0.2) is 26.4 Å². The third-order valence-corrected chi connectivity index (χ3v) is 14.2. The third kappa shape index (κ3) is 4.31. The normalized spacial score (nSPS) is 18.8. The molecule has 42 heavy (non-hydrogen) atoms. The molecule has 4 aromatic rings. The van der Waals surface area contributed by atoms with Gasteiger partial charge in [-0.15, -0.1) is 45.3 Å². The van der Waals surface area contributed by atoms with Crippen molar-refractivity contribution < 1.29 is 18.9 Å². The summed E-state index contributed by atoms with van der Waals surface area (Å²) in [6.07, 6.45) is 12.6. The molecule has 4 aromatic heterocycles. The SMILES string of the molecule is CCCCCCc1cc2c(s1)-c1sc(-c3cc4c(s3)-c3sc(CCCCCC)cc3C43OCCO3)cc1C21OCCO1. The van der Waals surface area contributed by atoms with Crippen molar-refractivity contribution in [2.45, 2.75) is 89.6 Å². The number of fused-ring (bicyclic) bond motifs is 10. The molecule has 2 aliphatic carbocycles. The predicted octanol–water partition coefficient (Wildman–Crippen LogP) is 10.3. The van der Waals surface area contributed by atoms with Gasteiger partial charge in [-0.05, 0) is 49.9 Å². The van der Waals surface area contributed by atoms with Crippen molar-refractivity contribution in [1.82, 2.24) is 0 Å². The van der Waals surface area contributed by atoms with Crippen molar-refractivity contribution in [3.8, 4) is 29.3 Å². The highest BCUT2D eigenvalue weighted by Crippen LogP contribution is 2.62. The highest BCUT2D eigenvalue weighted by molar-refractivity contribution is 7.29. The molecule has 0 aromatic carbocycles. The molecule has 2 fully saturated rings. The van der Waals surface area contributed by atoms with Gasteiger partial charge in [0.2, 0.25) is 11.6 Å². The highest BCUT2D eigenvalue weighted by Gasteiger charge is 2.53. The van der Waals surface area contributed by atoms with Crippen molar-refractivity contribution in [3.05, 3.63) is 56.3 Å². The molecule has 6 heterocycles. The van der Waals surface area contributed by atoms with E-state index >= 15 is 0 Å². The van der Waals surface area contributed by atoms with Crippen LogP contribution in [0.25, 0.3) is 29.3 Å². The number of thiophene rings is 4. The van der Waals surface area contributed by atoms with Crippen LogP contribution in [0.5, 0.6) is 0 Å². The second-order valence-corrected chi connectivity index (χ2v) is 16.2. The van der Waals surface area contributed by atoms with Gasteiger partial charge in [-0.25, -0.2) is 0 Å². The number of rotatable bonds is 11. The van der Waals surface area contributed by atoms with Crippen LogP contribution >= 0.6 is 45.3 Å². The van der Waals surface area contributed by atoms with E-state index in [-0.39, 0.29) is 0 Å². The second kappa shape index (κ2) is 11.2. The molecule has 8 rings (SSSR count). The minimum atomic E-state index is -0.732. The highest BCUT2D eigenvalue weighted by atomic mass is 32.1. The zero-order valence-electron chi connectivity index (χ0n) is 24.5. The molecule has 0 bridgehead atoms. The van der Waals surface area contributed by atoms with Gasteiger partial charge in [-0.3, -0.25) is 0 Å². The molecule has 4 nitrogen and oxygen atoms in total. The average Bonchev–Trinajstić information content (AvgIpc) is 3.81. The zero-order valence-corrected chi connectivity index (χ0v) is 27.7. The number of ether oxygens (including phenoxy) is 4. The van der Waals surface area contributed by atoms with Crippen molar-refractivity contribution in [2.24, 2.45) is 0 Å². The fraction of sp³-hybridized carbons (Fsp3) is 0.529. The fourth-order valence-electron chi connectivity index (χ4n) is 7.00. The van der Waals surface area contributed by atoms with Gasteiger partial charge in [0, 0.05) is 41.8 Å². The molecule has 0 radical (unpaired) electrons. The van der Waals surface area contributed by atoms with Crippen LogP contribution in [0.3, 0.4) is 0 Å². The summed E-state index contributed by atoms with van der Waals surface area (Å²) in [6, 6.07) is 9.44. The van der Waals surface area contributed by atoms with Crippen LogP contribution < -0.4 is 0 Å². The van der Waals surface area contributed by atoms with Crippen LogP contribution in [-0.2, 0) is 43.4 Å². The molecule has 2 saturated heterocycles. The van der Waals surface area contributed by atoms with Gasteiger partial charge in [0.1, 0.15) is 0 Å². The summed E-state index contributed by atoms with van der Waals surface area (Å²) in [7, 11) is 0. The molecule has 0 saturated carbocycles. The Morgan fingerprint density at radius 1 is 0.500 bits per heavy atom. The minimum absolute atomic E-state index is 0.637. The van der Waals surface area contributed by atoms with E-state index in [1.54, 1.807) is 0 Å². The van der Waals surface area contributed by atoms with E-state index in [1.165, 1.54) is 113 Å². The van der Waals surface area contributed by atoms with E-state index in [0.717, 1.165) is 12.8 Å². The lowest BCUT2D eigenvalue weighted by atomic mass is 10.0. The summed E-state index contributed by atoms with van der Waals surface area (Å²) in [4.78, 5) is 10.8. The Labute approximate surface area is 264 Å². The number of unbranched alkanes of at least 4 members (excludes halogenated alkanes) is 6. The predicted molar refractivity (Wildman–Crippen MR) is 175 cm³/mol. The fourth-order valence-corrected chi connectivity index (χ4v) is 12.3. The first-order valence-corrected chi connectivity index (χ1v) is 19.1. The Balaban J connectivity index is 1.14. The molecule has 2 spiro atoms. The summed E-state index contributed by atoms with van der Waals surface area (Å²) in [6.45, 7) is 7.10. The third-order valence-electron chi connectivity index (χ3n) is 9.05. The van der Waals surface area contributed by atoms with Gasteiger partial charge in [0.05, 0.1) is 45.9 Å². The summed E-state index contributed by atoms with van der Waals surface area (Å²) in [5.41, 5.74) is 4.86. The Hall–Kier alpha value is -1.36. The lowest BCUT2D eigenvalue weighted by molar-refractivity contribution is -0.126. The Kier molecular flexibility index (Phi) is 7.51. The summed E-state index contributed by atoms with van der Waals surface area (Å²) in [5, 5.41) is 0. The molecule has 0 atom stereocenters. The number of hydrogen-bond acceptors (Lipinski definition) is 8. The van der Waals surface area contributed by atoms with Crippen LogP contribution in [0.15, 0.2) is 24.3 Å². The smallest absolute Gasteiger partial charge is 0.225 e. The number of hydrogen-bond donors (Lipinski definition) is 0. The van der Waals surface area contributed by atoms with Gasteiger partial charge >= 0.3 is 0 Å². The van der Waals surface area contributed by atoms with Crippen LogP contribution in [0.2, 0.25) is 0 Å². The molecular weight excluding hydrogens is 601 g/mol. The topological polar surface area (TPSA) is 36.9 Å².